The number of carbonyl (C=O) groups excluding carboxylic acids is 1. The second-order valence-electron chi connectivity index (χ2n) is 5.08. The summed E-state index contributed by atoms with van der Waals surface area (Å²) in [6.07, 6.45) is 4.75. The van der Waals surface area contributed by atoms with Crippen LogP contribution in [0.3, 0.4) is 0 Å². The topological polar surface area (TPSA) is 38.3 Å². The minimum Gasteiger partial charge on any atom is -0.494 e. The first kappa shape index (κ1) is 16.5. The van der Waals surface area contributed by atoms with Crippen LogP contribution >= 0.6 is 0 Å². The highest BCUT2D eigenvalue weighted by molar-refractivity contribution is 5.94. The monoisotopic (exact) mass is 277 g/mol. The van der Waals surface area contributed by atoms with Gasteiger partial charge in [0.15, 0.2) is 0 Å². The lowest BCUT2D eigenvalue weighted by Gasteiger charge is -2.15. The molecule has 0 fully saturated rings. The molecule has 1 aromatic carbocycles. The molecular formula is C17H27NO2. The Bertz CT molecular complexity index is 386. The SMILES string of the molecule is CCCCC(CC)CNC(=O)c1ccc(OCC)cc1. The van der Waals surface area contributed by atoms with Crippen LogP contribution in [0, 0.1) is 5.92 Å². The summed E-state index contributed by atoms with van der Waals surface area (Å²) in [5.41, 5.74) is 0.693. The van der Waals surface area contributed by atoms with Gasteiger partial charge in [0.1, 0.15) is 5.75 Å². The molecule has 0 aliphatic carbocycles. The molecule has 3 nitrogen and oxygen atoms in total. The van der Waals surface area contributed by atoms with Crippen molar-refractivity contribution in [3.05, 3.63) is 29.8 Å². The summed E-state index contributed by atoms with van der Waals surface area (Å²) in [6.45, 7) is 7.74. The molecule has 0 spiro atoms. The van der Waals surface area contributed by atoms with E-state index in [4.69, 9.17) is 4.74 Å². The third-order valence-electron chi connectivity index (χ3n) is 3.52. The normalized spacial score (nSPS) is 11.9. The fourth-order valence-corrected chi connectivity index (χ4v) is 2.15. The highest BCUT2D eigenvalue weighted by Crippen LogP contribution is 2.13. The van der Waals surface area contributed by atoms with Gasteiger partial charge >= 0.3 is 0 Å². The summed E-state index contributed by atoms with van der Waals surface area (Å²) in [5.74, 6) is 1.39. The molecule has 0 aromatic heterocycles. The van der Waals surface area contributed by atoms with E-state index in [0.29, 0.717) is 18.1 Å². The van der Waals surface area contributed by atoms with Crippen LogP contribution in [0.5, 0.6) is 5.75 Å². The first-order chi connectivity index (χ1) is 9.71. The van der Waals surface area contributed by atoms with Gasteiger partial charge in [0, 0.05) is 12.1 Å². The summed E-state index contributed by atoms with van der Waals surface area (Å²) >= 11 is 0. The molecule has 20 heavy (non-hydrogen) atoms. The third-order valence-corrected chi connectivity index (χ3v) is 3.52. The Labute approximate surface area is 122 Å². The van der Waals surface area contributed by atoms with Gasteiger partial charge in [-0.25, -0.2) is 0 Å². The average Bonchev–Trinajstić information content (AvgIpc) is 2.48. The molecule has 1 unspecified atom stereocenters. The fourth-order valence-electron chi connectivity index (χ4n) is 2.15. The van der Waals surface area contributed by atoms with Crippen molar-refractivity contribution in [1.29, 1.82) is 0 Å². The smallest absolute Gasteiger partial charge is 0.251 e. The van der Waals surface area contributed by atoms with Crippen LogP contribution in [0.2, 0.25) is 0 Å². The van der Waals surface area contributed by atoms with Gasteiger partial charge in [-0.3, -0.25) is 4.79 Å². The molecule has 0 bridgehead atoms. The van der Waals surface area contributed by atoms with Gasteiger partial charge in [0.2, 0.25) is 0 Å². The van der Waals surface area contributed by atoms with Crippen molar-refractivity contribution in [3.63, 3.8) is 0 Å². The van der Waals surface area contributed by atoms with E-state index in [0.717, 1.165) is 18.7 Å². The number of rotatable bonds is 9. The van der Waals surface area contributed by atoms with Crippen molar-refractivity contribution in [2.24, 2.45) is 5.92 Å². The van der Waals surface area contributed by atoms with Crippen LogP contribution in [-0.2, 0) is 0 Å². The van der Waals surface area contributed by atoms with Crippen molar-refractivity contribution < 1.29 is 9.53 Å². The van der Waals surface area contributed by atoms with Crippen molar-refractivity contribution in [1.82, 2.24) is 5.32 Å². The van der Waals surface area contributed by atoms with Gasteiger partial charge in [0.05, 0.1) is 6.61 Å². The quantitative estimate of drug-likeness (QED) is 0.740. The van der Waals surface area contributed by atoms with Crippen LogP contribution in [0.4, 0.5) is 0 Å². The molecule has 1 aromatic rings. The van der Waals surface area contributed by atoms with Crippen LogP contribution in [0.15, 0.2) is 24.3 Å². The molecule has 0 saturated heterocycles. The van der Waals surface area contributed by atoms with Crippen LogP contribution in [0.25, 0.3) is 0 Å². The predicted octanol–water partition coefficient (Wildman–Crippen LogP) is 4.03. The Morgan fingerprint density at radius 3 is 2.45 bits per heavy atom. The molecule has 1 N–H and O–H groups in total. The molecule has 0 saturated carbocycles. The molecule has 1 amide bonds. The maximum atomic E-state index is 12.1. The first-order valence-corrected chi connectivity index (χ1v) is 7.72. The Morgan fingerprint density at radius 1 is 1.20 bits per heavy atom. The molecule has 112 valence electrons. The third kappa shape index (κ3) is 5.64. The zero-order valence-corrected chi connectivity index (χ0v) is 12.9. The summed E-state index contributed by atoms with van der Waals surface area (Å²) < 4.78 is 5.37. The Balaban J connectivity index is 2.45. The summed E-state index contributed by atoms with van der Waals surface area (Å²) in [5, 5.41) is 3.03. The van der Waals surface area contributed by atoms with Gasteiger partial charge in [0.25, 0.3) is 5.91 Å². The number of hydrogen-bond acceptors (Lipinski definition) is 2. The van der Waals surface area contributed by atoms with Crippen molar-refractivity contribution in [2.75, 3.05) is 13.2 Å². The maximum Gasteiger partial charge on any atom is 0.251 e. The molecular weight excluding hydrogens is 250 g/mol. The van der Waals surface area contributed by atoms with Crippen LogP contribution < -0.4 is 10.1 Å². The fraction of sp³-hybridized carbons (Fsp3) is 0.588. The summed E-state index contributed by atoms with van der Waals surface area (Å²) in [6, 6.07) is 7.31. The van der Waals surface area contributed by atoms with E-state index >= 15 is 0 Å². The van der Waals surface area contributed by atoms with Crippen LogP contribution in [-0.4, -0.2) is 19.1 Å². The Hall–Kier alpha value is -1.51. The number of hydrogen-bond donors (Lipinski definition) is 1. The number of amides is 1. The zero-order chi connectivity index (χ0) is 14.8. The summed E-state index contributed by atoms with van der Waals surface area (Å²) in [7, 11) is 0. The number of carbonyl (C=O) groups is 1. The lowest BCUT2D eigenvalue weighted by atomic mass is 9.99. The number of benzene rings is 1. The van der Waals surface area contributed by atoms with Gasteiger partial charge in [-0.05, 0) is 43.5 Å². The lowest BCUT2D eigenvalue weighted by molar-refractivity contribution is 0.0946. The van der Waals surface area contributed by atoms with E-state index in [-0.39, 0.29) is 5.91 Å². The molecule has 0 aliphatic rings. The summed E-state index contributed by atoms with van der Waals surface area (Å²) in [4.78, 5) is 12.1. The van der Waals surface area contributed by atoms with Crippen molar-refractivity contribution in [2.45, 2.75) is 46.5 Å². The number of nitrogens with one attached hydrogen (secondary N) is 1. The van der Waals surface area contributed by atoms with E-state index in [1.807, 2.05) is 31.2 Å². The maximum absolute atomic E-state index is 12.1. The van der Waals surface area contributed by atoms with Crippen molar-refractivity contribution >= 4 is 5.91 Å². The van der Waals surface area contributed by atoms with E-state index in [2.05, 4.69) is 19.2 Å². The Morgan fingerprint density at radius 2 is 1.90 bits per heavy atom. The van der Waals surface area contributed by atoms with Crippen molar-refractivity contribution in [3.8, 4) is 5.75 Å². The average molecular weight is 277 g/mol. The highest BCUT2D eigenvalue weighted by atomic mass is 16.5. The van der Waals surface area contributed by atoms with E-state index in [1.165, 1.54) is 19.3 Å². The lowest BCUT2D eigenvalue weighted by Crippen LogP contribution is -2.29. The first-order valence-electron chi connectivity index (χ1n) is 7.72. The van der Waals surface area contributed by atoms with Gasteiger partial charge in [-0.2, -0.15) is 0 Å². The van der Waals surface area contributed by atoms with Gasteiger partial charge in [-0.1, -0.05) is 33.1 Å². The molecule has 0 radical (unpaired) electrons. The standard InChI is InChI=1S/C17H27NO2/c1-4-7-8-14(5-2)13-18-17(19)15-9-11-16(12-10-15)20-6-3/h9-12,14H,4-8,13H2,1-3H3,(H,18,19). The highest BCUT2D eigenvalue weighted by Gasteiger charge is 2.10. The molecule has 0 aliphatic heterocycles. The van der Waals surface area contributed by atoms with E-state index in [9.17, 15) is 4.79 Å². The minimum absolute atomic E-state index is 0.00277. The predicted molar refractivity (Wildman–Crippen MR) is 83.3 cm³/mol. The molecule has 1 atom stereocenters. The molecule has 1 rings (SSSR count). The minimum atomic E-state index is 0.00277. The second kappa shape index (κ2) is 9.40. The number of ether oxygens (including phenoxy) is 1. The van der Waals surface area contributed by atoms with Crippen LogP contribution in [0.1, 0.15) is 56.8 Å². The zero-order valence-electron chi connectivity index (χ0n) is 12.9. The largest absolute Gasteiger partial charge is 0.494 e. The van der Waals surface area contributed by atoms with Gasteiger partial charge in [-0.15, -0.1) is 0 Å². The molecule has 3 heteroatoms. The van der Waals surface area contributed by atoms with Gasteiger partial charge < -0.3 is 10.1 Å². The van der Waals surface area contributed by atoms with E-state index in [1.54, 1.807) is 0 Å². The molecule has 0 heterocycles. The Kier molecular flexibility index (Phi) is 7.78. The van der Waals surface area contributed by atoms with E-state index < -0.39 is 0 Å². The second-order valence-corrected chi connectivity index (χ2v) is 5.08. The number of unbranched alkanes of at least 4 members (excludes halogenated alkanes) is 1.